The Kier molecular flexibility index (Phi) is 6.29. The van der Waals surface area contributed by atoms with Crippen molar-refractivity contribution in [3.05, 3.63) is 221 Å². The van der Waals surface area contributed by atoms with Crippen LogP contribution in [-0.2, 0) is 10.8 Å². The van der Waals surface area contributed by atoms with E-state index in [2.05, 4.69) is 207 Å². The molecule has 0 bridgehead atoms. The fourth-order valence-electron chi connectivity index (χ4n) is 10.1. The number of rotatable bonds is 4. The second kappa shape index (κ2) is 11.0. The van der Waals surface area contributed by atoms with Crippen LogP contribution in [0.15, 0.2) is 188 Å². The standard InChI is InChI=1S/C52H37N/c1-51(2)45-32-37(53(35-20-8-4-9-21-35)36-22-10-5-11-23-36)30-31-41(45)49-46(51)33-47-50(48(49)34-18-6-3-7-19-34)40-26-14-17-29-44(40)52(47)42-27-15-12-24-38(42)39-25-13-16-28-43(39)52/h3-33H,1-2H3. The van der Waals surface area contributed by atoms with Crippen LogP contribution in [0.4, 0.5) is 17.1 Å². The molecule has 8 aromatic rings. The lowest BCUT2D eigenvalue weighted by atomic mass is 9.69. The molecule has 1 nitrogen and oxygen atoms in total. The number of anilines is 3. The van der Waals surface area contributed by atoms with E-state index in [0.717, 1.165) is 17.1 Å². The molecule has 3 aliphatic carbocycles. The van der Waals surface area contributed by atoms with Crippen LogP contribution in [-0.4, -0.2) is 0 Å². The van der Waals surface area contributed by atoms with Crippen molar-refractivity contribution in [3.63, 3.8) is 0 Å². The van der Waals surface area contributed by atoms with Gasteiger partial charge in [0, 0.05) is 22.5 Å². The zero-order chi connectivity index (χ0) is 35.3. The number of nitrogens with zero attached hydrogens (tertiary/aromatic N) is 1. The van der Waals surface area contributed by atoms with Gasteiger partial charge in [-0.3, -0.25) is 0 Å². The van der Waals surface area contributed by atoms with Crippen molar-refractivity contribution in [2.24, 2.45) is 0 Å². The molecule has 1 heteroatoms. The van der Waals surface area contributed by atoms with Crippen molar-refractivity contribution in [3.8, 4) is 44.5 Å². The van der Waals surface area contributed by atoms with E-state index < -0.39 is 5.41 Å². The summed E-state index contributed by atoms with van der Waals surface area (Å²) in [6, 6.07) is 69.9. The van der Waals surface area contributed by atoms with Crippen LogP contribution in [0.3, 0.4) is 0 Å². The summed E-state index contributed by atoms with van der Waals surface area (Å²) in [7, 11) is 0. The second-order valence-corrected chi connectivity index (χ2v) is 15.2. The molecule has 0 aliphatic heterocycles. The number of hydrogen-bond donors (Lipinski definition) is 0. The molecule has 0 unspecified atom stereocenters. The van der Waals surface area contributed by atoms with Gasteiger partial charge in [0.1, 0.15) is 0 Å². The first-order valence-electron chi connectivity index (χ1n) is 18.7. The minimum absolute atomic E-state index is 0.258. The van der Waals surface area contributed by atoms with Crippen molar-refractivity contribution < 1.29 is 0 Å². The van der Waals surface area contributed by atoms with Gasteiger partial charge < -0.3 is 4.90 Å². The highest BCUT2D eigenvalue weighted by Crippen LogP contribution is 2.67. The Balaban J connectivity index is 1.24. The first-order valence-corrected chi connectivity index (χ1v) is 18.7. The maximum Gasteiger partial charge on any atom is 0.0725 e. The fourth-order valence-corrected chi connectivity index (χ4v) is 10.1. The predicted octanol–water partition coefficient (Wildman–Crippen LogP) is 13.5. The van der Waals surface area contributed by atoms with Crippen molar-refractivity contribution in [1.82, 2.24) is 0 Å². The van der Waals surface area contributed by atoms with Gasteiger partial charge >= 0.3 is 0 Å². The highest BCUT2D eigenvalue weighted by atomic mass is 15.1. The first kappa shape index (κ1) is 30.2. The van der Waals surface area contributed by atoms with E-state index in [9.17, 15) is 0 Å². The molecule has 1 spiro atoms. The van der Waals surface area contributed by atoms with E-state index in [1.54, 1.807) is 0 Å². The van der Waals surface area contributed by atoms with Crippen LogP contribution in [0, 0.1) is 0 Å². The van der Waals surface area contributed by atoms with Gasteiger partial charge in [-0.15, -0.1) is 0 Å². The Morgan fingerprint density at radius 2 is 0.774 bits per heavy atom. The van der Waals surface area contributed by atoms with Gasteiger partial charge in [-0.25, -0.2) is 0 Å². The van der Waals surface area contributed by atoms with Gasteiger partial charge in [0.15, 0.2) is 0 Å². The average Bonchev–Trinajstić information content (AvgIpc) is 3.77. The number of para-hydroxylation sites is 2. The van der Waals surface area contributed by atoms with Gasteiger partial charge in [0.05, 0.1) is 5.41 Å². The number of benzene rings is 8. The molecule has 0 N–H and O–H groups in total. The first-order chi connectivity index (χ1) is 26.1. The Bertz CT molecular complexity index is 2660. The van der Waals surface area contributed by atoms with Crippen LogP contribution in [0.1, 0.15) is 47.2 Å². The Hall–Kier alpha value is -6.44. The van der Waals surface area contributed by atoms with E-state index in [-0.39, 0.29) is 5.41 Å². The van der Waals surface area contributed by atoms with E-state index in [4.69, 9.17) is 0 Å². The number of hydrogen-bond acceptors (Lipinski definition) is 1. The Labute approximate surface area is 311 Å². The Morgan fingerprint density at radius 3 is 1.36 bits per heavy atom. The lowest BCUT2D eigenvalue weighted by Gasteiger charge is -2.32. The highest BCUT2D eigenvalue weighted by Gasteiger charge is 2.54. The van der Waals surface area contributed by atoms with Gasteiger partial charge in [0.2, 0.25) is 0 Å². The maximum absolute atomic E-state index is 2.61. The van der Waals surface area contributed by atoms with Gasteiger partial charge in [-0.05, 0) is 114 Å². The van der Waals surface area contributed by atoms with Crippen LogP contribution in [0.2, 0.25) is 0 Å². The largest absolute Gasteiger partial charge is 0.310 e. The average molecular weight is 676 g/mol. The molecule has 0 atom stereocenters. The van der Waals surface area contributed by atoms with Crippen molar-refractivity contribution >= 4 is 17.1 Å². The van der Waals surface area contributed by atoms with Crippen molar-refractivity contribution in [2.75, 3.05) is 4.90 Å². The predicted molar refractivity (Wildman–Crippen MR) is 220 cm³/mol. The molecule has 0 aromatic heterocycles. The third-order valence-corrected chi connectivity index (χ3v) is 12.3. The normalized spacial score (nSPS) is 14.5. The van der Waals surface area contributed by atoms with Crippen LogP contribution in [0.5, 0.6) is 0 Å². The van der Waals surface area contributed by atoms with E-state index in [1.165, 1.54) is 77.9 Å². The van der Waals surface area contributed by atoms with E-state index in [1.807, 2.05) is 0 Å². The molecule has 11 rings (SSSR count). The Morgan fingerprint density at radius 1 is 0.321 bits per heavy atom. The minimum Gasteiger partial charge on any atom is -0.310 e. The lowest BCUT2D eigenvalue weighted by molar-refractivity contribution is 0.657. The quantitative estimate of drug-likeness (QED) is 0.179. The number of fused-ring (bicyclic) bond motifs is 13. The fraction of sp³-hybridized carbons (Fsp3) is 0.0769. The molecule has 0 saturated carbocycles. The smallest absolute Gasteiger partial charge is 0.0725 e. The molecular formula is C52H37N. The van der Waals surface area contributed by atoms with Gasteiger partial charge in [-0.2, -0.15) is 0 Å². The van der Waals surface area contributed by atoms with Crippen LogP contribution in [0.25, 0.3) is 44.5 Å². The van der Waals surface area contributed by atoms with Crippen molar-refractivity contribution in [2.45, 2.75) is 24.7 Å². The zero-order valence-electron chi connectivity index (χ0n) is 29.8. The summed E-state index contributed by atoms with van der Waals surface area (Å²) in [5.74, 6) is 0. The van der Waals surface area contributed by atoms with E-state index >= 15 is 0 Å². The molecule has 0 amide bonds. The highest BCUT2D eigenvalue weighted by molar-refractivity contribution is 6.07. The molecule has 8 aromatic carbocycles. The van der Waals surface area contributed by atoms with Gasteiger partial charge in [0.25, 0.3) is 0 Å². The monoisotopic (exact) mass is 675 g/mol. The van der Waals surface area contributed by atoms with Gasteiger partial charge in [-0.1, -0.05) is 166 Å². The summed E-state index contributed by atoms with van der Waals surface area (Å²) < 4.78 is 0. The summed E-state index contributed by atoms with van der Waals surface area (Å²) >= 11 is 0. The SMILES string of the molecule is CC1(C)c2cc(N(c3ccccc3)c3ccccc3)ccc2-c2c1cc1c(c2-c2ccccc2)-c2ccccc2C12c1ccccc1-c1ccccc12. The maximum atomic E-state index is 2.61. The third kappa shape index (κ3) is 3.97. The molecule has 3 aliphatic rings. The molecule has 53 heavy (non-hydrogen) atoms. The summed E-state index contributed by atoms with van der Waals surface area (Å²) in [6.07, 6.45) is 0. The van der Waals surface area contributed by atoms with Crippen LogP contribution >= 0.6 is 0 Å². The summed E-state index contributed by atoms with van der Waals surface area (Å²) in [5.41, 5.74) is 21.7. The van der Waals surface area contributed by atoms with Crippen LogP contribution < -0.4 is 4.90 Å². The summed E-state index contributed by atoms with van der Waals surface area (Å²) in [6.45, 7) is 4.87. The summed E-state index contributed by atoms with van der Waals surface area (Å²) in [5, 5.41) is 0. The molecule has 0 saturated heterocycles. The third-order valence-electron chi connectivity index (χ3n) is 12.3. The van der Waals surface area contributed by atoms with E-state index in [0.29, 0.717) is 0 Å². The van der Waals surface area contributed by atoms with Crippen molar-refractivity contribution in [1.29, 1.82) is 0 Å². The topological polar surface area (TPSA) is 3.24 Å². The second-order valence-electron chi connectivity index (χ2n) is 15.2. The molecule has 250 valence electrons. The zero-order valence-corrected chi connectivity index (χ0v) is 29.8. The molecular weight excluding hydrogens is 639 g/mol. The lowest BCUT2D eigenvalue weighted by Crippen LogP contribution is -2.26. The molecule has 0 fully saturated rings. The molecule has 0 heterocycles. The molecule has 0 radical (unpaired) electrons. The summed E-state index contributed by atoms with van der Waals surface area (Å²) in [4.78, 5) is 2.38. The minimum atomic E-state index is -0.412.